The molecule has 1 fully saturated rings. The first-order chi connectivity index (χ1) is 8.66. The average molecular weight is 251 g/mol. The van der Waals surface area contributed by atoms with E-state index in [0.29, 0.717) is 11.8 Å². The van der Waals surface area contributed by atoms with Crippen LogP contribution in [0.15, 0.2) is 12.5 Å². The lowest BCUT2D eigenvalue weighted by atomic mass is 10.0. The third-order valence-electron chi connectivity index (χ3n) is 3.65. The molecule has 2 heterocycles. The summed E-state index contributed by atoms with van der Waals surface area (Å²) in [6, 6.07) is 0.104. The van der Waals surface area contributed by atoms with Crippen molar-refractivity contribution in [2.45, 2.75) is 45.7 Å². The van der Waals surface area contributed by atoms with Gasteiger partial charge in [0.05, 0.1) is 12.0 Å². The van der Waals surface area contributed by atoms with Crippen molar-refractivity contribution >= 4 is 0 Å². The van der Waals surface area contributed by atoms with Gasteiger partial charge in [-0.15, -0.1) is 0 Å². The summed E-state index contributed by atoms with van der Waals surface area (Å²) < 4.78 is 7.62. The summed E-state index contributed by atoms with van der Waals surface area (Å²) in [6.45, 7) is 7.26. The zero-order chi connectivity index (χ0) is 13.0. The Morgan fingerprint density at radius 3 is 3.06 bits per heavy atom. The van der Waals surface area contributed by atoms with Crippen LogP contribution in [0.5, 0.6) is 0 Å². The fourth-order valence-electron chi connectivity index (χ4n) is 2.59. The van der Waals surface area contributed by atoms with Gasteiger partial charge in [0.1, 0.15) is 0 Å². The Morgan fingerprint density at radius 1 is 1.56 bits per heavy atom. The number of hydrogen-bond acceptors (Lipinski definition) is 3. The van der Waals surface area contributed by atoms with Crippen LogP contribution in [-0.4, -0.2) is 22.8 Å². The molecule has 1 aromatic rings. The second kappa shape index (κ2) is 6.34. The van der Waals surface area contributed by atoms with Crippen molar-refractivity contribution in [3.05, 3.63) is 18.2 Å². The molecule has 1 saturated heterocycles. The van der Waals surface area contributed by atoms with Crippen molar-refractivity contribution < 1.29 is 4.74 Å². The van der Waals surface area contributed by atoms with Crippen LogP contribution in [0.25, 0.3) is 0 Å². The van der Waals surface area contributed by atoms with Gasteiger partial charge in [-0.2, -0.15) is 0 Å². The SMILES string of the molecule is CC(C)CC(N)c1cncn1CCC1CCOC1. The Hall–Kier alpha value is -0.870. The minimum atomic E-state index is 0.104. The summed E-state index contributed by atoms with van der Waals surface area (Å²) in [4.78, 5) is 4.25. The van der Waals surface area contributed by atoms with E-state index in [-0.39, 0.29) is 6.04 Å². The summed E-state index contributed by atoms with van der Waals surface area (Å²) in [6.07, 6.45) is 7.20. The lowest BCUT2D eigenvalue weighted by molar-refractivity contribution is 0.183. The predicted molar refractivity (Wildman–Crippen MR) is 72.2 cm³/mol. The molecule has 1 aromatic heterocycles. The van der Waals surface area contributed by atoms with Gasteiger partial charge < -0.3 is 15.0 Å². The van der Waals surface area contributed by atoms with Crippen LogP contribution in [0.2, 0.25) is 0 Å². The van der Waals surface area contributed by atoms with Gasteiger partial charge in [0, 0.05) is 32.0 Å². The molecule has 2 atom stereocenters. The molecule has 0 amide bonds. The van der Waals surface area contributed by atoms with E-state index in [1.807, 2.05) is 12.5 Å². The lowest BCUT2D eigenvalue weighted by Gasteiger charge is -2.17. The molecule has 2 rings (SSSR count). The normalized spacial score (nSPS) is 21.7. The molecule has 1 aliphatic rings. The molecule has 2 unspecified atom stereocenters. The summed E-state index contributed by atoms with van der Waals surface area (Å²) in [5, 5.41) is 0. The molecule has 0 bridgehead atoms. The van der Waals surface area contributed by atoms with E-state index in [1.54, 1.807) is 0 Å². The number of aryl methyl sites for hydroxylation is 1. The molecule has 4 nitrogen and oxygen atoms in total. The first-order valence-corrected chi connectivity index (χ1v) is 7.00. The Morgan fingerprint density at radius 2 is 2.39 bits per heavy atom. The highest BCUT2D eigenvalue weighted by atomic mass is 16.5. The standard InChI is InChI=1S/C14H25N3O/c1-11(2)7-13(15)14-8-16-10-17(14)5-3-12-4-6-18-9-12/h8,10-13H,3-7,9,15H2,1-2H3. The number of ether oxygens (including phenoxy) is 1. The van der Waals surface area contributed by atoms with E-state index >= 15 is 0 Å². The van der Waals surface area contributed by atoms with E-state index in [1.165, 1.54) is 12.1 Å². The van der Waals surface area contributed by atoms with E-state index in [9.17, 15) is 0 Å². The fraction of sp³-hybridized carbons (Fsp3) is 0.786. The van der Waals surface area contributed by atoms with Crippen molar-refractivity contribution in [1.82, 2.24) is 9.55 Å². The van der Waals surface area contributed by atoms with Crippen LogP contribution >= 0.6 is 0 Å². The molecule has 102 valence electrons. The van der Waals surface area contributed by atoms with Gasteiger partial charge in [0.25, 0.3) is 0 Å². The maximum Gasteiger partial charge on any atom is 0.0948 e. The number of hydrogen-bond donors (Lipinski definition) is 1. The quantitative estimate of drug-likeness (QED) is 0.844. The average Bonchev–Trinajstić information content (AvgIpc) is 2.96. The number of imidazole rings is 1. The van der Waals surface area contributed by atoms with Gasteiger partial charge in [-0.3, -0.25) is 0 Å². The van der Waals surface area contributed by atoms with Crippen LogP contribution in [0.4, 0.5) is 0 Å². The topological polar surface area (TPSA) is 53.1 Å². The molecule has 2 N–H and O–H groups in total. The van der Waals surface area contributed by atoms with Crippen molar-refractivity contribution in [2.75, 3.05) is 13.2 Å². The predicted octanol–water partition coefficient (Wildman–Crippen LogP) is 2.36. The van der Waals surface area contributed by atoms with Crippen molar-refractivity contribution in [3.63, 3.8) is 0 Å². The van der Waals surface area contributed by atoms with Crippen LogP contribution in [0, 0.1) is 11.8 Å². The molecule has 1 aliphatic heterocycles. The molecule has 0 spiro atoms. The fourth-order valence-corrected chi connectivity index (χ4v) is 2.59. The van der Waals surface area contributed by atoms with Gasteiger partial charge in [-0.1, -0.05) is 13.8 Å². The third kappa shape index (κ3) is 3.56. The molecule has 0 saturated carbocycles. The minimum absolute atomic E-state index is 0.104. The Labute approximate surface area is 110 Å². The monoisotopic (exact) mass is 251 g/mol. The maximum atomic E-state index is 6.24. The van der Waals surface area contributed by atoms with Gasteiger partial charge in [0.15, 0.2) is 0 Å². The Balaban J connectivity index is 1.90. The van der Waals surface area contributed by atoms with E-state index in [0.717, 1.165) is 32.6 Å². The van der Waals surface area contributed by atoms with Crippen LogP contribution < -0.4 is 5.73 Å². The number of nitrogens with two attached hydrogens (primary N) is 1. The molecule has 0 aliphatic carbocycles. The number of nitrogens with zero attached hydrogens (tertiary/aromatic N) is 2. The highest BCUT2D eigenvalue weighted by molar-refractivity contribution is 5.04. The molecular weight excluding hydrogens is 226 g/mol. The molecule has 18 heavy (non-hydrogen) atoms. The van der Waals surface area contributed by atoms with Crippen molar-refractivity contribution in [3.8, 4) is 0 Å². The van der Waals surface area contributed by atoms with Gasteiger partial charge >= 0.3 is 0 Å². The van der Waals surface area contributed by atoms with Crippen molar-refractivity contribution in [2.24, 2.45) is 17.6 Å². The second-order valence-electron chi connectivity index (χ2n) is 5.77. The van der Waals surface area contributed by atoms with E-state index < -0.39 is 0 Å². The molecule has 4 heteroatoms. The van der Waals surface area contributed by atoms with Gasteiger partial charge in [-0.25, -0.2) is 4.98 Å². The third-order valence-corrected chi connectivity index (χ3v) is 3.65. The zero-order valence-corrected chi connectivity index (χ0v) is 11.5. The highest BCUT2D eigenvalue weighted by Gasteiger charge is 2.17. The molecule has 0 radical (unpaired) electrons. The lowest BCUT2D eigenvalue weighted by Crippen LogP contribution is -2.18. The smallest absolute Gasteiger partial charge is 0.0948 e. The van der Waals surface area contributed by atoms with Gasteiger partial charge in [-0.05, 0) is 31.1 Å². The molecular formula is C14H25N3O. The molecule has 0 aromatic carbocycles. The largest absolute Gasteiger partial charge is 0.381 e. The first-order valence-electron chi connectivity index (χ1n) is 7.00. The van der Waals surface area contributed by atoms with Crippen LogP contribution in [-0.2, 0) is 11.3 Å². The van der Waals surface area contributed by atoms with E-state index in [2.05, 4.69) is 23.4 Å². The zero-order valence-electron chi connectivity index (χ0n) is 11.5. The van der Waals surface area contributed by atoms with Crippen LogP contribution in [0.1, 0.15) is 44.8 Å². The summed E-state index contributed by atoms with van der Waals surface area (Å²) in [5.74, 6) is 1.33. The Bertz CT molecular complexity index is 356. The van der Waals surface area contributed by atoms with E-state index in [4.69, 9.17) is 10.5 Å². The maximum absolute atomic E-state index is 6.24. The number of aromatic nitrogens is 2. The van der Waals surface area contributed by atoms with Gasteiger partial charge in [0.2, 0.25) is 0 Å². The summed E-state index contributed by atoms with van der Waals surface area (Å²) in [7, 11) is 0. The first kappa shape index (κ1) is 13.6. The van der Waals surface area contributed by atoms with Crippen molar-refractivity contribution in [1.29, 1.82) is 0 Å². The number of rotatable bonds is 6. The summed E-state index contributed by atoms with van der Waals surface area (Å²) >= 11 is 0. The minimum Gasteiger partial charge on any atom is -0.381 e. The Kier molecular flexibility index (Phi) is 4.78. The second-order valence-corrected chi connectivity index (χ2v) is 5.77. The summed E-state index contributed by atoms with van der Waals surface area (Å²) in [5.41, 5.74) is 7.41. The van der Waals surface area contributed by atoms with Crippen LogP contribution in [0.3, 0.4) is 0 Å². The highest BCUT2D eigenvalue weighted by Crippen LogP contribution is 2.21.